The predicted octanol–water partition coefficient (Wildman–Crippen LogP) is 2.43. The summed E-state index contributed by atoms with van der Waals surface area (Å²) in [5.74, 6) is 2.04. The van der Waals surface area contributed by atoms with Crippen LogP contribution in [-0.4, -0.2) is 46.5 Å². The van der Waals surface area contributed by atoms with E-state index in [0.717, 1.165) is 12.0 Å². The lowest BCUT2D eigenvalue weighted by molar-refractivity contribution is 0.203. The quantitative estimate of drug-likeness (QED) is 0.309. The molecule has 0 bridgehead atoms. The Bertz CT molecular complexity index is 529. The van der Waals surface area contributed by atoms with Crippen molar-refractivity contribution in [2.45, 2.75) is 13.0 Å². The summed E-state index contributed by atoms with van der Waals surface area (Å²) in [4.78, 5) is 4.15. The highest BCUT2D eigenvalue weighted by molar-refractivity contribution is 14.0. The van der Waals surface area contributed by atoms with Crippen molar-refractivity contribution in [3.8, 4) is 11.5 Å². The fourth-order valence-electron chi connectivity index (χ4n) is 2.06. The Hall–Kier alpha value is -0.930. The predicted molar refractivity (Wildman–Crippen MR) is 103 cm³/mol. The number of halogens is 2. The number of hydrogen-bond acceptors (Lipinski definition) is 4. The van der Waals surface area contributed by atoms with Crippen molar-refractivity contribution in [3.63, 3.8) is 0 Å². The van der Waals surface area contributed by atoms with Gasteiger partial charge in [-0.25, -0.2) is 0 Å². The van der Waals surface area contributed by atoms with E-state index in [1.807, 2.05) is 12.1 Å². The van der Waals surface area contributed by atoms with Crippen molar-refractivity contribution < 1.29 is 14.2 Å². The first-order valence-electron chi connectivity index (χ1n) is 7.26. The molecular formula is C15H23ClIN3O3. The van der Waals surface area contributed by atoms with Gasteiger partial charge in [-0.1, -0.05) is 11.6 Å². The van der Waals surface area contributed by atoms with Crippen molar-refractivity contribution in [1.82, 2.24) is 10.6 Å². The Morgan fingerprint density at radius 3 is 2.83 bits per heavy atom. The molecule has 0 unspecified atom stereocenters. The van der Waals surface area contributed by atoms with Crippen LogP contribution in [0.15, 0.2) is 17.1 Å². The van der Waals surface area contributed by atoms with Crippen molar-refractivity contribution in [2.75, 3.05) is 40.5 Å². The molecule has 8 heteroatoms. The Kier molecular flexibility index (Phi) is 9.42. The number of fused-ring (bicyclic) bond motifs is 1. The van der Waals surface area contributed by atoms with Gasteiger partial charge in [0.25, 0.3) is 0 Å². The second-order valence-electron chi connectivity index (χ2n) is 4.80. The fourth-order valence-corrected chi connectivity index (χ4v) is 2.35. The summed E-state index contributed by atoms with van der Waals surface area (Å²) < 4.78 is 16.3. The highest BCUT2D eigenvalue weighted by atomic mass is 127. The molecule has 0 radical (unpaired) electrons. The normalized spacial score (nSPS) is 13.8. The van der Waals surface area contributed by atoms with Gasteiger partial charge in [-0.15, -0.1) is 24.0 Å². The number of aliphatic imine (C=N–C) groups is 1. The Morgan fingerprint density at radius 1 is 1.30 bits per heavy atom. The second-order valence-corrected chi connectivity index (χ2v) is 5.21. The van der Waals surface area contributed by atoms with Gasteiger partial charge >= 0.3 is 0 Å². The first-order valence-corrected chi connectivity index (χ1v) is 7.64. The molecule has 0 aliphatic carbocycles. The molecule has 0 spiro atoms. The largest absolute Gasteiger partial charge is 0.489 e. The lowest BCUT2D eigenvalue weighted by atomic mass is 10.2. The molecule has 1 aromatic carbocycles. The zero-order valence-corrected chi connectivity index (χ0v) is 16.4. The molecule has 0 fully saturated rings. The number of methoxy groups -OCH3 is 1. The van der Waals surface area contributed by atoms with Gasteiger partial charge in [-0.3, -0.25) is 4.99 Å². The van der Waals surface area contributed by atoms with E-state index in [0.29, 0.717) is 55.4 Å². The van der Waals surface area contributed by atoms with E-state index < -0.39 is 0 Å². The summed E-state index contributed by atoms with van der Waals surface area (Å²) in [5.41, 5.74) is 1.00. The summed E-state index contributed by atoms with van der Waals surface area (Å²) in [5, 5.41) is 6.94. The Labute approximate surface area is 158 Å². The number of hydrogen-bond donors (Lipinski definition) is 2. The summed E-state index contributed by atoms with van der Waals surface area (Å²) >= 11 is 6.28. The van der Waals surface area contributed by atoms with E-state index in [1.54, 1.807) is 14.2 Å². The summed E-state index contributed by atoms with van der Waals surface area (Å²) in [6.07, 6.45) is 0.856. The zero-order chi connectivity index (χ0) is 15.8. The van der Waals surface area contributed by atoms with Crippen LogP contribution in [0.25, 0.3) is 0 Å². The molecule has 0 amide bonds. The first-order chi connectivity index (χ1) is 10.7. The fraction of sp³-hybridized carbons (Fsp3) is 0.533. The SMILES string of the molecule is CN=C(NCCOC)NCc1cc(Cl)c2c(c1)OCCCO2.I. The number of nitrogens with one attached hydrogen (secondary N) is 2. The van der Waals surface area contributed by atoms with Crippen LogP contribution >= 0.6 is 35.6 Å². The van der Waals surface area contributed by atoms with E-state index in [1.165, 1.54) is 0 Å². The lowest BCUT2D eigenvalue weighted by Crippen LogP contribution is -2.38. The van der Waals surface area contributed by atoms with Crippen LogP contribution in [-0.2, 0) is 11.3 Å². The van der Waals surface area contributed by atoms with Crippen molar-refractivity contribution in [3.05, 3.63) is 22.7 Å². The van der Waals surface area contributed by atoms with Crippen molar-refractivity contribution in [1.29, 1.82) is 0 Å². The molecule has 1 aromatic rings. The minimum absolute atomic E-state index is 0. The van der Waals surface area contributed by atoms with Crippen LogP contribution in [0.3, 0.4) is 0 Å². The molecular weight excluding hydrogens is 433 g/mol. The molecule has 0 aromatic heterocycles. The third kappa shape index (κ3) is 6.23. The van der Waals surface area contributed by atoms with Crippen LogP contribution in [0.1, 0.15) is 12.0 Å². The molecule has 6 nitrogen and oxygen atoms in total. The number of benzene rings is 1. The van der Waals surface area contributed by atoms with Gasteiger partial charge in [0.2, 0.25) is 0 Å². The monoisotopic (exact) mass is 455 g/mol. The van der Waals surface area contributed by atoms with Crippen LogP contribution < -0.4 is 20.1 Å². The number of nitrogens with zero attached hydrogens (tertiary/aromatic N) is 1. The molecule has 1 aliphatic heterocycles. The number of guanidine groups is 1. The summed E-state index contributed by atoms with van der Waals surface area (Å²) in [7, 11) is 3.39. The molecule has 1 aliphatic rings. The number of rotatable bonds is 5. The van der Waals surface area contributed by atoms with E-state index in [-0.39, 0.29) is 24.0 Å². The van der Waals surface area contributed by atoms with Crippen LogP contribution in [0.4, 0.5) is 0 Å². The molecule has 0 atom stereocenters. The maximum Gasteiger partial charge on any atom is 0.191 e. The first kappa shape index (κ1) is 20.1. The molecule has 23 heavy (non-hydrogen) atoms. The van der Waals surface area contributed by atoms with E-state index in [2.05, 4.69) is 15.6 Å². The highest BCUT2D eigenvalue weighted by Crippen LogP contribution is 2.37. The second kappa shape index (κ2) is 10.8. The Balaban J connectivity index is 0.00000264. The van der Waals surface area contributed by atoms with Crippen LogP contribution in [0.5, 0.6) is 11.5 Å². The Morgan fingerprint density at radius 2 is 2.09 bits per heavy atom. The minimum atomic E-state index is 0. The molecule has 0 saturated heterocycles. The molecule has 2 N–H and O–H groups in total. The topological polar surface area (TPSA) is 64.1 Å². The maximum atomic E-state index is 6.28. The summed E-state index contributed by atoms with van der Waals surface area (Å²) in [6.45, 7) is 3.17. The summed E-state index contributed by atoms with van der Waals surface area (Å²) in [6, 6.07) is 3.83. The third-order valence-electron chi connectivity index (χ3n) is 3.14. The van der Waals surface area contributed by atoms with Gasteiger partial charge in [-0.05, 0) is 17.7 Å². The minimum Gasteiger partial charge on any atom is -0.489 e. The van der Waals surface area contributed by atoms with Gasteiger partial charge in [0, 0.05) is 33.7 Å². The lowest BCUT2D eigenvalue weighted by Gasteiger charge is -2.14. The van der Waals surface area contributed by atoms with Crippen LogP contribution in [0, 0.1) is 0 Å². The smallest absolute Gasteiger partial charge is 0.191 e. The van der Waals surface area contributed by atoms with Gasteiger partial charge in [-0.2, -0.15) is 0 Å². The molecule has 0 saturated carbocycles. The van der Waals surface area contributed by atoms with E-state index >= 15 is 0 Å². The average Bonchev–Trinajstić information content (AvgIpc) is 2.76. The zero-order valence-electron chi connectivity index (χ0n) is 13.4. The average molecular weight is 456 g/mol. The molecule has 1 heterocycles. The highest BCUT2D eigenvalue weighted by Gasteiger charge is 2.15. The molecule has 130 valence electrons. The van der Waals surface area contributed by atoms with Crippen molar-refractivity contribution in [2.24, 2.45) is 4.99 Å². The molecule has 2 rings (SSSR count). The van der Waals surface area contributed by atoms with E-state index in [9.17, 15) is 0 Å². The third-order valence-corrected chi connectivity index (χ3v) is 3.42. The van der Waals surface area contributed by atoms with E-state index in [4.69, 9.17) is 25.8 Å². The van der Waals surface area contributed by atoms with Gasteiger partial charge in [0.05, 0.1) is 24.8 Å². The van der Waals surface area contributed by atoms with Gasteiger partial charge < -0.3 is 24.8 Å². The maximum absolute atomic E-state index is 6.28. The van der Waals surface area contributed by atoms with Gasteiger partial charge in [0.1, 0.15) is 0 Å². The van der Waals surface area contributed by atoms with Gasteiger partial charge in [0.15, 0.2) is 17.5 Å². The standard InChI is InChI=1S/C15H22ClN3O3.HI/c1-17-15(18-4-7-20-2)19-10-11-8-12(16)14-13(9-11)21-5-3-6-22-14;/h8-9H,3-7,10H2,1-2H3,(H2,17,18,19);1H. The van der Waals surface area contributed by atoms with Crippen LogP contribution in [0.2, 0.25) is 5.02 Å². The van der Waals surface area contributed by atoms with Crippen molar-refractivity contribution >= 4 is 41.5 Å². The number of ether oxygens (including phenoxy) is 3.